The molecule has 2 nitrogen and oxygen atoms in total. The summed E-state index contributed by atoms with van der Waals surface area (Å²) in [4.78, 5) is 3.79. The molecule has 2 aromatic rings. The van der Waals surface area contributed by atoms with Crippen molar-refractivity contribution in [2.24, 2.45) is 0 Å². The maximum absolute atomic E-state index is 13.4. The van der Waals surface area contributed by atoms with Crippen molar-refractivity contribution >= 4 is 0 Å². The zero-order valence-electron chi connectivity index (χ0n) is 8.11. The van der Waals surface area contributed by atoms with Crippen LogP contribution in [0.2, 0.25) is 0 Å². The van der Waals surface area contributed by atoms with E-state index >= 15 is 0 Å². The molecule has 16 heavy (non-hydrogen) atoms. The van der Waals surface area contributed by atoms with E-state index in [1.165, 1.54) is 30.6 Å². The van der Waals surface area contributed by atoms with Gasteiger partial charge in [0.15, 0.2) is 11.6 Å². The topological polar surface area (TPSA) is 36.7 Å². The van der Waals surface area contributed by atoms with Gasteiger partial charge in [0, 0.05) is 23.5 Å². The third kappa shape index (κ3) is 1.75. The number of benzene rings is 1. The molecule has 0 saturated heterocycles. The van der Waals surface area contributed by atoms with Crippen LogP contribution >= 0.6 is 0 Å². The van der Waals surface area contributed by atoms with Crippen LogP contribution in [-0.4, -0.2) is 4.98 Å². The SMILES string of the molecule is N#Cc1cncc(-c2cccc(F)c2F)c1. The predicted molar refractivity (Wildman–Crippen MR) is 54.3 cm³/mol. The van der Waals surface area contributed by atoms with Gasteiger partial charge in [-0.05, 0) is 12.1 Å². The Balaban J connectivity index is 2.59. The van der Waals surface area contributed by atoms with Gasteiger partial charge in [0.1, 0.15) is 6.07 Å². The van der Waals surface area contributed by atoms with Crippen molar-refractivity contribution in [2.45, 2.75) is 0 Å². The van der Waals surface area contributed by atoms with Gasteiger partial charge in [-0.2, -0.15) is 5.26 Å². The van der Waals surface area contributed by atoms with Gasteiger partial charge in [0.05, 0.1) is 5.56 Å². The highest BCUT2D eigenvalue weighted by molar-refractivity contribution is 5.64. The maximum Gasteiger partial charge on any atom is 0.166 e. The molecule has 0 spiro atoms. The third-order valence-corrected chi connectivity index (χ3v) is 2.13. The molecule has 0 atom stereocenters. The minimum Gasteiger partial charge on any atom is -0.263 e. The first-order valence-corrected chi connectivity index (χ1v) is 4.52. The normalized spacial score (nSPS) is 9.81. The standard InChI is InChI=1S/C12H6F2N2/c13-11-3-1-2-10(12(11)14)9-4-8(5-15)6-16-7-9/h1-4,6-7H. The number of hydrogen-bond acceptors (Lipinski definition) is 2. The monoisotopic (exact) mass is 216 g/mol. The van der Waals surface area contributed by atoms with Crippen LogP contribution in [0.4, 0.5) is 8.78 Å². The Morgan fingerprint density at radius 1 is 1.19 bits per heavy atom. The second kappa shape index (κ2) is 4.07. The first kappa shape index (κ1) is 10.2. The molecule has 0 radical (unpaired) electrons. The second-order valence-corrected chi connectivity index (χ2v) is 3.18. The number of nitrogens with zero attached hydrogens (tertiary/aromatic N) is 2. The Bertz CT molecular complexity index is 573. The molecule has 1 heterocycles. The first-order valence-electron chi connectivity index (χ1n) is 4.52. The van der Waals surface area contributed by atoms with Crippen LogP contribution in [0.15, 0.2) is 36.7 Å². The highest BCUT2D eigenvalue weighted by atomic mass is 19.2. The van der Waals surface area contributed by atoms with E-state index < -0.39 is 11.6 Å². The molecule has 0 saturated carbocycles. The number of rotatable bonds is 1. The fourth-order valence-corrected chi connectivity index (χ4v) is 1.38. The second-order valence-electron chi connectivity index (χ2n) is 3.18. The number of halogens is 2. The fourth-order valence-electron chi connectivity index (χ4n) is 1.38. The smallest absolute Gasteiger partial charge is 0.166 e. The van der Waals surface area contributed by atoms with Crippen LogP contribution in [0.3, 0.4) is 0 Å². The zero-order chi connectivity index (χ0) is 11.5. The maximum atomic E-state index is 13.4. The van der Waals surface area contributed by atoms with Gasteiger partial charge in [-0.15, -0.1) is 0 Å². The Morgan fingerprint density at radius 3 is 2.75 bits per heavy atom. The van der Waals surface area contributed by atoms with E-state index in [1.807, 2.05) is 6.07 Å². The summed E-state index contributed by atoms with van der Waals surface area (Å²) in [5.74, 6) is -1.85. The lowest BCUT2D eigenvalue weighted by atomic mass is 10.1. The molecule has 0 aliphatic rings. The third-order valence-electron chi connectivity index (χ3n) is 2.13. The minimum absolute atomic E-state index is 0.101. The molecule has 0 aliphatic carbocycles. The Hall–Kier alpha value is -2.28. The number of aromatic nitrogens is 1. The summed E-state index contributed by atoms with van der Waals surface area (Å²) in [6, 6.07) is 7.25. The van der Waals surface area contributed by atoms with E-state index in [9.17, 15) is 8.78 Å². The van der Waals surface area contributed by atoms with E-state index in [0.717, 1.165) is 6.07 Å². The summed E-state index contributed by atoms with van der Waals surface area (Å²) in [5.41, 5.74) is 0.793. The minimum atomic E-state index is -0.931. The van der Waals surface area contributed by atoms with Crippen molar-refractivity contribution in [3.8, 4) is 17.2 Å². The van der Waals surface area contributed by atoms with Crippen LogP contribution in [0.1, 0.15) is 5.56 Å². The zero-order valence-corrected chi connectivity index (χ0v) is 8.11. The average Bonchev–Trinajstić information content (AvgIpc) is 2.33. The van der Waals surface area contributed by atoms with E-state index in [1.54, 1.807) is 0 Å². The molecule has 4 heteroatoms. The summed E-state index contributed by atoms with van der Waals surface area (Å²) < 4.78 is 26.4. The van der Waals surface area contributed by atoms with Crippen LogP contribution in [-0.2, 0) is 0 Å². The average molecular weight is 216 g/mol. The Morgan fingerprint density at radius 2 is 2.00 bits per heavy atom. The molecule has 0 aliphatic heterocycles. The molecule has 1 aromatic carbocycles. The Labute approximate surface area is 90.8 Å². The van der Waals surface area contributed by atoms with Crippen molar-refractivity contribution in [3.05, 3.63) is 53.9 Å². The molecule has 1 aromatic heterocycles. The molecular weight excluding hydrogens is 210 g/mol. The van der Waals surface area contributed by atoms with E-state index in [-0.39, 0.29) is 5.56 Å². The lowest BCUT2D eigenvalue weighted by Gasteiger charge is -2.03. The van der Waals surface area contributed by atoms with Gasteiger partial charge >= 0.3 is 0 Å². The quantitative estimate of drug-likeness (QED) is 0.734. The van der Waals surface area contributed by atoms with Gasteiger partial charge in [-0.25, -0.2) is 8.78 Å². The van der Waals surface area contributed by atoms with Crippen molar-refractivity contribution < 1.29 is 8.78 Å². The fraction of sp³-hybridized carbons (Fsp3) is 0. The van der Waals surface area contributed by atoms with Gasteiger partial charge in [0.25, 0.3) is 0 Å². The number of hydrogen-bond donors (Lipinski definition) is 0. The largest absolute Gasteiger partial charge is 0.263 e. The molecule has 0 unspecified atom stereocenters. The van der Waals surface area contributed by atoms with Crippen molar-refractivity contribution in [1.82, 2.24) is 4.98 Å². The van der Waals surface area contributed by atoms with E-state index in [4.69, 9.17) is 5.26 Å². The lowest BCUT2D eigenvalue weighted by molar-refractivity contribution is 0.511. The molecule has 78 valence electrons. The van der Waals surface area contributed by atoms with Crippen molar-refractivity contribution in [1.29, 1.82) is 5.26 Å². The molecule has 0 N–H and O–H groups in total. The molecule has 0 bridgehead atoms. The van der Waals surface area contributed by atoms with Gasteiger partial charge < -0.3 is 0 Å². The Kier molecular flexibility index (Phi) is 2.61. The van der Waals surface area contributed by atoms with Crippen LogP contribution in [0.25, 0.3) is 11.1 Å². The highest BCUT2D eigenvalue weighted by Crippen LogP contribution is 2.24. The molecule has 0 fully saturated rings. The van der Waals surface area contributed by atoms with E-state index in [2.05, 4.69) is 4.98 Å². The van der Waals surface area contributed by atoms with Gasteiger partial charge in [-0.3, -0.25) is 4.98 Å². The molecule has 0 amide bonds. The summed E-state index contributed by atoms with van der Waals surface area (Å²) in [6.07, 6.45) is 2.75. The van der Waals surface area contributed by atoms with Crippen LogP contribution in [0, 0.1) is 23.0 Å². The lowest BCUT2D eigenvalue weighted by Crippen LogP contribution is -1.90. The molecule has 2 rings (SSSR count). The summed E-state index contributed by atoms with van der Waals surface area (Å²) in [7, 11) is 0. The highest BCUT2D eigenvalue weighted by Gasteiger charge is 2.10. The number of pyridine rings is 1. The van der Waals surface area contributed by atoms with Crippen LogP contribution in [0.5, 0.6) is 0 Å². The predicted octanol–water partition coefficient (Wildman–Crippen LogP) is 2.90. The summed E-state index contributed by atoms with van der Waals surface area (Å²) in [5, 5.41) is 8.68. The van der Waals surface area contributed by atoms with Crippen molar-refractivity contribution in [3.63, 3.8) is 0 Å². The van der Waals surface area contributed by atoms with Crippen LogP contribution < -0.4 is 0 Å². The summed E-state index contributed by atoms with van der Waals surface area (Å²) in [6.45, 7) is 0. The summed E-state index contributed by atoms with van der Waals surface area (Å²) >= 11 is 0. The van der Waals surface area contributed by atoms with E-state index in [0.29, 0.717) is 11.1 Å². The van der Waals surface area contributed by atoms with Gasteiger partial charge in [-0.1, -0.05) is 12.1 Å². The first-order chi connectivity index (χ1) is 7.72. The molecular formula is C12H6F2N2. The van der Waals surface area contributed by atoms with Crippen molar-refractivity contribution in [2.75, 3.05) is 0 Å². The number of nitriles is 1. The van der Waals surface area contributed by atoms with Gasteiger partial charge in [0.2, 0.25) is 0 Å².